The highest BCUT2D eigenvalue weighted by atomic mass is 35.5. The van der Waals surface area contributed by atoms with Gasteiger partial charge in [0.1, 0.15) is 5.75 Å². The molecule has 0 heterocycles. The molecular formula is C11H11ClF3NO. The quantitative estimate of drug-likeness (QED) is 0.840. The fraction of sp³-hybridized carbons (Fsp3) is 0.273. The molecule has 17 heavy (non-hydrogen) atoms. The van der Waals surface area contributed by atoms with Crippen molar-refractivity contribution in [3.05, 3.63) is 41.4 Å². The van der Waals surface area contributed by atoms with Crippen molar-refractivity contribution >= 4 is 11.6 Å². The number of halogens is 4. The molecule has 0 saturated heterocycles. The summed E-state index contributed by atoms with van der Waals surface area (Å²) in [6.45, 7) is 3.53. The van der Waals surface area contributed by atoms with Gasteiger partial charge in [0.2, 0.25) is 0 Å². The maximum Gasteiger partial charge on any atom is 0.573 e. The topological polar surface area (TPSA) is 35.2 Å². The van der Waals surface area contributed by atoms with Crippen LogP contribution < -0.4 is 10.5 Å². The Bertz CT molecular complexity index is 406. The molecule has 1 atom stereocenters. The molecule has 0 unspecified atom stereocenters. The van der Waals surface area contributed by atoms with Gasteiger partial charge in [-0.2, -0.15) is 0 Å². The Morgan fingerprint density at radius 1 is 1.47 bits per heavy atom. The number of alkyl halides is 3. The Balaban J connectivity index is 2.90. The molecule has 0 saturated carbocycles. The molecule has 1 aromatic rings. The molecule has 0 aliphatic carbocycles. The summed E-state index contributed by atoms with van der Waals surface area (Å²) in [5, 5.41) is -0.126. The van der Waals surface area contributed by atoms with E-state index in [1.807, 2.05) is 0 Å². The predicted octanol–water partition coefficient (Wildman–Crippen LogP) is 3.81. The normalized spacial score (nSPS) is 13.2. The van der Waals surface area contributed by atoms with E-state index in [0.717, 1.165) is 6.07 Å². The van der Waals surface area contributed by atoms with Crippen LogP contribution in [0, 0.1) is 0 Å². The predicted molar refractivity (Wildman–Crippen MR) is 59.9 cm³/mol. The van der Waals surface area contributed by atoms with Gasteiger partial charge < -0.3 is 10.5 Å². The number of benzene rings is 1. The lowest BCUT2D eigenvalue weighted by Gasteiger charge is -2.13. The highest BCUT2D eigenvalue weighted by molar-refractivity contribution is 6.32. The van der Waals surface area contributed by atoms with E-state index in [2.05, 4.69) is 11.3 Å². The van der Waals surface area contributed by atoms with Crippen molar-refractivity contribution in [1.82, 2.24) is 0 Å². The average molecular weight is 266 g/mol. The SMILES string of the molecule is C=CC[C@H](N)c1ccc(OC(F)(F)F)c(Cl)c1. The fourth-order valence-corrected chi connectivity index (χ4v) is 1.50. The van der Waals surface area contributed by atoms with Gasteiger partial charge >= 0.3 is 6.36 Å². The molecule has 1 rings (SSSR count). The summed E-state index contributed by atoms with van der Waals surface area (Å²) in [6.07, 6.45) is -2.62. The first-order valence-corrected chi connectivity index (χ1v) is 5.13. The highest BCUT2D eigenvalue weighted by Crippen LogP contribution is 2.32. The largest absolute Gasteiger partial charge is 0.573 e. The molecule has 0 bridgehead atoms. The van der Waals surface area contributed by atoms with Gasteiger partial charge in [0, 0.05) is 6.04 Å². The van der Waals surface area contributed by atoms with Gasteiger partial charge in [-0.05, 0) is 24.1 Å². The number of nitrogens with two attached hydrogens (primary N) is 1. The summed E-state index contributed by atoms with van der Waals surface area (Å²) in [5.41, 5.74) is 6.39. The molecule has 0 fully saturated rings. The van der Waals surface area contributed by atoms with Crippen molar-refractivity contribution < 1.29 is 17.9 Å². The molecule has 2 N–H and O–H groups in total. The van der Waals surface area contributed by atoms with Gasteiger partial charge in [0.15, 0.2) is 0 Å². The van der Waals surface area contributed by atoms with Gasteiger partial charge in [0.05, 0.1) is 5.02 Å². The Morgan fingerprint density at radius 3 is 2.59 bits per heavy atom. The standard InChI is InChI=1S/C11H11ClF3NO/c1-2-3-9(16)7-4-5-10(8(12)6-7)17-11(13,14)15/h2,4-6,9H,1,3,16H2/t9-/m0/s1. The minimum atomic E-state index is -4.76. The Kier molecular flexibility index (Phi) is 4.42. The number of hydrogen-bond donors (Lipinski definition) is 1. The zero-order valence-corrected chi connectivity index (χ0v) is 9.55. The van der Waals surface area contributed by atoms with Crippen molar-refractivity contribution in [3.8, 4) is 5.75 Å². The van der Waals surface area contributed by atoms with Crippen LogP contribution in [0.3, 0.4) is 0 Å². The van der Waals surface area contributed by atoms with Gasteiger partial charge in [-0.1, -0.05) is 23.7 Å². The molecular weight excluding hydrogens is 255 g/mol. The molecule has 0 radical (unpaired) electrons. The van der Waals surface area contributed by atoms with Crippen molar-refractivity contribution in [2.24, 2.45) is 5.73 Å². The van der Waals surface area contributed by atoms with Crippen LogP contribution in [0.5, 0.6) is 5.75 Å². The molecule has 2 nitrogen and oxygen atoms in total. The number of hydrogen-bond acceptors (Lipinski definition) is 2. The fourth-order valence-electron chi connectivity index (χ4n) is 1.27. The zero-order valence-electron chi connectivity index (χ0n) is 8.80. The summed E-state index contributed by atoms with van der Waals surface area (Å²) >= 11 is 5.67. The van der Waals surface area contributed by atoms with Crippen molar-refractivity contribution in [1.29, 1.82) is 0 Å². The molecule has 0 amide bonds. The van der Waals surface area contributed by atoms with Gasteiger partial charge in [-0.25, -0.2) is 0 Å². The molecule has 0 spiro atoms. The first kappa shape index (κ1) is 13.9. The van der Waals surface area contributed by atoms with Crippen molar-refractivity contribution in [2.45, 2.75) is 18.8 Å². The highest BCUT2D eigenvalue weighted by Gasteiger charge is 2.32. The van der Waals surface area contributed by atoms with Crippen LogP contribution in [-0.2, 0) is 0 Å². The molecule has 0 aromatic heterocycles. The first-order chi connectivity index (χ1) is 7.83. The van der Waals surface area contributed by atoms with E-state index in [1.54, 1.807) is 6.08 Å². The van der Waals surface area contributed by atoms with Gasteiger partial charge in [-0.15, -0.1) is 19.8 Å². The third kappa shape index (κ3) is 4.28. The van der Waals surface area contributed by atoms with Crippen LogP contribution in [0.4, 0.5) is 13.2 Å². The summed E-state index contributed by atoms with van der Waals surface area (Å²) < 4.78 is 39.7. The first-order valence-electron chi connectivity index (χ1n) is 4.75. The second-order valence-corrected chi connectivity index (χ2v) is 3.78. The van der Waals surface area contributed by atoms with Crippen LogP contribution in [0.1, 0.15) is 18.0 Å². The lowest BCUT2D eigenvalue weighted by molar-refractivity contribution is -0.274. The van der Waals surface area contributed by atoms with Crippen LogP contribution in [0.25, 0.3) is 0 Å². The van der Waals surface area contributed by atoms with Crippen LogP contribution in [-0.4, -0.2) is 6.36 Å². The van der Waals surface area contributed by atoms with Crippen molar-refractivity contribution in [3.63, 3.8) is 0 Å². The van der Waals surface area contributed by atoms with Crippen molar-refractivity contribution in [2.75, 3.05) is 0 Å². The maximum absolute atomic E-state index is 12.0. The smallest absolute Gasteiger partial charge is 0.404 e. The Labute approximate surface area is 102 Å². The number of ether oxygens (including phenoxy) is 1. The van der Waals surface area contributed by atoms with E-state index < -0.39 is 12.1 Å². The van der Waals surface area contributed by atoms with Crippen LogP contribution in [0.15, 0.2) is 30.9 Å². The third-order valence-corrected chi connectivity index (χ3v) is 2.33. The summed E-state index contributed by atoms with van der Waals surface area (Å²) in [5.74, 6) is -0.436. The summed E-state index contributed by atoms with van der Waals surface area (Å²) in [4.78, 5) is 0. The monoisotopic (exact) mass is 265 g/mol. The minimum Gasteiger partial charge on any atom is -0.404 e. The maximum atomic E-state index is 12.0. The second kappa shape index (κ2) is 5.42. The van der Waals surface area contributed by atoms with E-state index in [1.165, 1.54) is 12.1 Å². The van der Waals surface area contributed by atoms with E-state index in [0.29, 0.717) is 12.0 Å². The minimum absolute atomic E-state index is 0.126. The summed E-state index contributed by atoms with van der Waals surface area (Å²) in [7, 11) is 0. The Morgan fingerprint density at radius 2 is 2.12 bits per heavy atom. The second-order valence-electron chi connectivity index (χ2n) is 3.37. The number of rotatable bonds is 4. The lowest BCUT2D eigenvalue weighted by atomic mass is 10.0. The van der Waals surface area contributed by atoms with Crippen LogP contribution >= 0.6 is 11.6 Å². The Hall–Kier alpha value is -1.20. The van der Waals surface area contributed by atoms with Gasteiger partial charge in [0.25, 0.3) is 0 Å². The summed E-state index contributed by atoms with van der Waals surface area (Å²) in [6, 6.07) is 3.61. The average Bonchev–Trinajstić information content (AvgIpc) is 2.19. The lowest BCUT2D eigenvalue weighted by Crippen LogP contribution is -2.17. The molecule has 6 heteroatoms. The molecule has 0 aliphatic rings. The molecule has 1 aromatic carbocycles. The van der Waals surface area contributed by atoms with E-state index in [4.69, 9.17) is 17.3 Å². The van der Waals surface area contributed by atoms with Crippen LogP contribution in [0.2, 0.25) is 5.02 Å². The molecule has 94 valence electrons. The van der Waals surface area contributed by atoms with E-state index in [-0.39, 0.29) is 11.1 Å². The molecule has 0 aliphatic heterocycles. The zero-order chi connectivity index (χ0) is 13.1. The van der Waals surface area contributed by atoms with E-state index >= 15 is 0 Å². The van der Waals surface area contributed by atoms with E-state index in [9.17, 15) is 13.2 Å². The third-order valence-electron chi connectivity index (χ3n) is 2.03. The van der Waals surface area contributed by atoms with Gasteiger partial charge in [-0.3, -0.25) is 0 Å².